The first-order valence-corrected chi connectivity index (χ1v) is 4.33. The number of aliphatic hydroxyl groups is 1. The summed E-state index contributed by atoms with van der Waals surface area (Å²) in [6, 6.07) is 3.49. The zero-order valence-electron chi connectivity index (χ0n) is 8.11. The third kappa shape index (κ3) is 2.48. The highest BCUT2D eigenvalue weighted by molar-refractivity contribution is 5.42. The van der Waals surface area contributed by atoms with Crippen molar-refractivity contribution in [1.29, 1.82) is 0 Å². The maximum Gasteiger partial charge on any atom is 0.278 e. The van der Waals surface area contributed by atoms with Gasteiger partial charge in [-0.25, -0.2) is 4.39 Å². The van der Waals surface area contributed by atoms with Crippen molar-refractivity contribution in [1.82, 2.24) is 5.32 Å². The van der Waals surface area contributed by atoms with Crippen LogP contribution in [0.5, 0.6) is 0 Å². The van der Waals surface area contributed by atoms with Crippen LogP contribution in [0.3, 0.4) is 0 Å². The van der Waals surface area contributed by atoms with Crippen molar-refractivity contribution in [3.8, 4) is 0 Å². The molecule has 0 aliphatic carbocycles. The van der Waals surface area contributed by atoms with Gasteiger partial charge in [0.15, 0.2) is 0 Å². The number of nitrogens with one attached hydrogen (secondary N) is 1. The lowest BCUT2D eigenvalue weighted by Gasteiger charge is -2.11. The molecule has 1 rings (SSSR count). The molecule has 15 heavy (non-hydrogen) atoms. The van der Waals surface area contributed by atoms with Crippen LogP contribution in [0.15, 0.2) is 18.2 Å². The largest absolute Gasteiger partial charge is 0.387 e. The normalized spacial score (nSPS) is 12.5. The highest BCUT2D eigenvalue weighted by atomic mass is 19.1. The van der Waals surface area contributed by atoms with Crippen LogP contribution in [-0.2, 0) is 0 Å². The van der Waals surface area contributed by atoms with E-state index in [9.17, 15) is 19.6 Å². The van der Waals surface area contributed by atoms with E-state index in [1.165, 1.54) is 6.07 Å². The molecule has 0 spiro atoms. The number of rotatable bonds is 4. The van der Waals surface area contributed by atoms with Crippen LogP contribution in [0.1, 0.15) is 11.7 Å². The van der Waals surface area contributed by atoms with Crippen LogP contribution in [0, 0.1) is 15.9 Å². The summed E-state index contributed by atoms with van der Waals surface area (Å²) in [4.78, 5) is 9.88. The van der Waals surface area contributed by atoms with Crippen molar-refractivity contribution in [2.75, 3.05) is 13.6 Å². The molecule has 0 heterocycles. The van der Waals surface area contributed by atoms with Crippen LogP contribution >= 0.6 is 0 Å². The molecule has 0 aliphatic heterocycles. The molecular weight excluding hydrogens is 203 g/mol. The summed E-state index contributed by atoms with van der Waals surface area (Å²) in [7, 11) is 1.57. The number of nitro groups is 1. The molecule has 0 aliphatic rings. The van der Waals surface area contributed by atoms with Crippen molar-refractivity contribution >= 4 is 5.69 Å². The molecule has 1 aromatic rings. The lowest BCUT2D eigenvalue weighted by Crippen LogP contribution is -2.18. The molecule has 0 radical (unpaired) electrons. The van der Waals surface area contributed by atoms with E-state index in [-0.39, 0.29) is 12.1 Å². The fourth-order valence-electron chi connectivity index (χ4n) is 1.31. The Morgan fingerprint density at radius 1 is 1.67 bits per heavy atom. The first-order chi connectivity index (χ1) is 7.07. The van der Waals surface area contributed by atoms with E-state index >= 15 is 0 Å². The van der Waals surface area contributed by atoms with Gasteiger partial charge in [-0.3, -0.25) is 10.1 Å². The van der Waals surface area contributed by atoms with Gasteiger partial charge in [-0.1, -0.05) is 6.07 Å². The number of benzene rings is 1. The number of aliphatic hydroxyl groups excluding tert-OH is 1. The van der Waals surface area contributed by atoms with Gasteiger partial charge in [0, 0.05) is 12.6 Å². The van der Waals surface area contributed by atoms with E-state index in [2.05, 4.69) is 5.32 Å². The second-order valence-corrected chi connectivity index (χ2v) is 3.00. The fourth-order valence-corrected chi connectivity index (χ4v) is 1.31. The summed E-state index contributed by atoms with van der Waals surface area (Å²) in [5, 5.41) is 22.7. The predicted molar refractivity (Wildman–Crippen MR) is 51.9 cm³/mol. The molecule has 1 unspecified atom stereocenters. The molecular formula is C9H11FN2O3. The van der Waals surface area contributed by atoms with Crippen molar-refractivity contribution in [3.63, 3.8) is 0 Å². The number of hydrogen-bond donors (Lipinski definition) is 2. The number of nitrogens with zero attached hydrogens (tertiary/aromatic N) is 1. The van der Waals surface area contributed by atoms with E-state index < -0.39 is 22.5 Å². The van der Waals surface area contributed by atoms with E-state index in [1.807, 2.05) is 0 Å². The Labute approximate surface area is 85.7 Å². The Bertz CT molecular complexity index is 370. The summed E-state index contributed by atoms with van der Waals surface area (Å²) >= 11 is 0. The van der Waals surface area contributed by atoms with E-state index in [0.717, 1.165) is 12.1 Å². The summed E-state index contributed by atoms with van der Waals surface area (Å²) in [6.07, 6.45) is -1.23. The molecule has 5 nitrogen and oxygen atoms in total. The number of nitro benzene ring substituents is 1. The Balaban J connectivity index is 3.18. The fraction of sp³-hybridized carbons (Fsp3) is 0.333. The summed E-state index contributed by atoms with van der Waals surface area (Å²) in [5.74, 6) is -0.771. The first kappa shape index (κ1) is 11.5. The van der Waals surface area contributed by atoms with Gasteiger partial charge in [0.1, 0.15) is 11.9 Å². The van der Waals surface area contributed by atoms with Crippen molar-refractivity contribution in [3.05, 3.63) is 39.7 Å². The minimum Gasteiger partial charge on any atom is -0.387 e. The summed E-state index contributed by atoms with van der Waals surface area (Å²) < 4.78 is 13.3. The molecule has 0 saturated carbocycles. The molecule has 0 saturated heterocycles. The van der Waals surface area contributed by atoms with Crippen LogP contribution in [0.25, 0.3) is 0 Å². The molecule has 0 amide bonds. The van der Waals surface area contributed by atoms with Gasteiger partial charge in [-0.2, -0.15) is 0 Å². The standard InChI is InChI=1S/C9H11FN2O3/c1-11-5-8(13)9-6(10)3-2-4-7(9)12(14)15/h2-4,8,11,13H,5H2,1H3. The Morgan fingerprint density at radius 2 is 2.33 bits per heavy atom. The van der Waals surface area contributed by atoms with E-state index in [4.69, 9.17) is 0 Å². The molecule has 2 N–H and O–H groups in total. The van der Waals surface area contributed by atoms with Crippen molar-refractivity contribution in [2.45, 2.75) is 6.10 Å². The monoisotopic (exact) mass is 214 g/mol. The van der Waals surface area contributed by atoms with Crippen LogP contribution < -0.4 is 5.32 Å². The third-order valence-corrected chi connectivity index (χ3v) is 1.96. The van der Waals surface area contributed by atoms with Gasteiger partial charge < -0.3 is 10.4 Å². The average molecular weight is 214 g/mol. The SMILES string of the molecule is CNCC(O)c1c(F)cccc1[N+](=O)[O-]. The molecule has 0 fully saturated rings. The zero-order valence-corrected chi connectivity index (χ0v) is 8.11. The average Bonchev–Trinajstić information content (AvgIpc) is 2.17. The highest BCUT2D eigenvalue weighted by Crippen LogP contribution is 2.27. The van der Waals surface area contributed by atoms with Gasteiger partial charge in [-0.15, -0.1) is 0 Å². The van der Waals surface area contributed by atoms with Crippen LogP contribution in [0.2, 0.25) is 0 Å². The van der Waals surface area contributed by atoms with E-state index in [1.54, 1.807) is 7.05 Å². The highest BCUT2D eigenvalue weighted by Gasteiger charge is 2.23. The topological polar surface area (TPSA) is 75.4 Å². The van der Waals surface area contributed by atoms with Crippen molar-refractivity contribution in [2.24, 2.45) is 0 Å². The lowest BCUT2D eigenvalue weighted by atomic mass is 10.1. The number of hydrogen-bond acceptors (Lipinski definition) is 4. The minimum absolute atomic E-state index is 0.0573. The zero-order chi connectivity index (χ0) is 11.4. The minimum atomic E-state index is -1.23. The molecule has 1 aromatic carbocycles. The van der Waals surface area contributed by atoms with Crippen LogP contribution in [0.4, 0.5) is 10.1 Å². The summed E-state index contributed by atoms with van der Waals surface area (Å²) in [6.45, 7) is 0.0573. The maximum atomic E-state index is 13.3. The molecule has 82 valence electrons. The quantitative estimate of drug-likeness (QED) is 0.578. The Hall–Kier alpha value is -1.53. The second kappa shape index (κ2) is 4.81. The summed E-state index contributed by atoms with van der Waals surface area (Å²) in [5.41, 5.74) is -0.686. The molecule has 0 bridgehead atoms. The number of halogens is 1. The van der Waals surface area contributed by atoms with Crippen molar-refractivity contribution < 1.29 is 14.4 Å². The first-order valence-electron chi connectivity index (χ1n) is 4.33. The third-order valence-electron chi connectivity index (χ3n) is 1.96. The Morgan fingerprint density at radius 3 is 2.87 bits per heavy atom. The van der Waals surface area contributed by atoms with Crippen LogP contribution in [-0.4, -0.2) is 23.6 Å². The smallest absolute Gasteiger partial charge is 0.278 e. The van der Waals surface area contributed by atoms with Gasteiger partial charge in [-0.05, 0) is 13.1 Å². The molecule has 6 heteroatoms. The van der Waals surface area contributed by atoms with Gasteiger partial charge in [0.2, 0.25) is 0 Å². The Kier molecular flexibility index (Phi) is 3.70. The predicted octanol–water partition coefficient (Wildman–Crippen LogP) is 0.987. The molecule has 1 atom stereocenters. The molecule has 0 aromatic heterocycles. The number of likely N-dealkylation sites (N-methyl/N-ethyl adjacent to an activating group) is 1. The van der Waals surface area contributed by atoms with Gasteiger partial charge in [0.25, 0.3) is 5.69 Å². The van der Waals surface area contributed by atoms with E-state index in [0.29, 0.717) is 0 Å². The maximum absolute atomic E-state index is 13.3. The van der Waals surface area contributed by atoms with Gasteiger partial charge >= 0.3 is 0 Å². The lowest BCUT2D eigenvalue weighted by molar-refractivity contribution is -0.386. The van der Waals surface area contributed by atoms with Gasteiger partial charge in [0.05, 0.1) is 10.5 Å². The second-order valence-electron chi connectivity index (χ2n) is 3.00.